The Bertz CT molecular complexity index is 729. The lowest BCUT2D eigenvalue weighted by atomic mass is 10.2. The first-order chi connectivity index (χ1) is 13.6. The van der Waals surface area contributed by atoms with Gasteiger partial charge in [0.25, 0.3) is 0 Å². The average Bonchev–Trinajstić information content (AvgIpc) is 3.20. The monoisotopic (exact) mass is 523 g/mol. The van der Waals surface area contributed by atoms with Crippen LogP contribution in [0.15, 0.2) is 41.7 Å². The number of ether oxygens (including phenoxy) is 2. The van der Waals surface area contributed by atoms with Crippen molar-refractivity contribution in [1.29, 1.82) is 0 Å². The van der Waals surface area contributed by atoms with E-state index in [0.29, 0.717) is 30.4 Å². The molecule has 2 aromatic rings. The fourth-order valence-electron chi connectivity index (χ4n) is 2.48. The Morgan fingerprint density at radius 3 is 2.79 bits per heavy atom. The number of hydrogen-bond donors (Lipinski definition) is 2. The van der Waals surface area contributed by atoms with E-state index >= 15 is 0 Å². The summed E-state index contributed by atoms with van der Waals surface area (Å²) in [6, 6.07) is 6.82. The molecule has 0 fully saturated rings. The predicted octanol–water partition coefficient (Wildman–Crippen LogP) is 3.65. The zero-order chi connectivity index (χ0) is 20.2. The van der Waals surface area contributed by atoms with Crippen LogP contribution in [0.3, 0.4) is 0 Å². The Morgan fingerprint density at radius 2 is 2.14 bits per heavy atom. The predicted molar refractivity (Wildman–Crippen MR) is 119 cm³/mol. The summed E-state index contributed by atoms with van der Waals surface area (Å²) in [6.07, 6.45) is 5.35. The average molecular weight is 523 g/mol. The molecule has 0 unspecified atom stereocenters. The van der Waals surface area contributed by atoms with Crippen LogP contribution in [0.1, 0.15) is 25.3 Å². The second-order valence-corrected chi connectivity index (χ2v) is 5.97. The van der Waals surface area contributed by atoms with Gasteiger partial charge in [-0.15, -0.1) is 24.0 Å². The van der Waals surface area contributed by atoms with E-state index in [1.165, 1.54) is 6.07 Å². The fourth-order valence-corrected chi connectivity index (χ4v) is 2.48. The van der Waals surface area contributed by atoms with Crippen LogP contribution in [0.5, 0.6) is 11.5 Å². The minimum absolute atomic E-state index is 0. The molecular formula is C19H28F2IN5O2. The lowest BCUT2D eigenvalue weighted by Gasteiger charge is -2.16. The van der Waals surface area contributed by atoms with Crippen LogP contribution in [0, 0.1) is 0 Å². The Kier molecular flexibility index (Phi) is 12.0. The molecule has 0 aliphatic carbocycles. The molecule has 10 heteroatoms. The zero-order valence-electron chi connectivity index (χ0n) is 16.6. The normalized spacial score (nSPS) is 11.1. The van der Waals surface area contributed by atoms with Gasteiger partial charge in [0.15, 0.2) is 5.96 Å². The molecule has 162 valence electrons. The first-order valence-electron chi connectivity index (χ1n) is 9.24. The standard InChI is InChI=1S/C19H27F2N5O2.HI/c1-3-12-27-16-7-6-15(17(13-16)28-18(20)21)14-24-19(22-2)23-8-4-10-26-11-5-9-25-26;/h5-7,9,11,13,18H,3-4,8,10,12,14H2,1-2H3,(H2,22,23,24);1H. The number of benzene rings is 1. The molecule has 0 aliphatic rings. The number of aromatic nitrogens is 2. The summed E-state index contributed by atoms with van der Waals surface area (Å²) in [7, 11) is 1.65. The Labute approximate surface area is 186 Å². The Morgan fingerprint density at radius 1 is 1.31 bits per heavy atom. The summed E-state index contributed by atoms with van der Waals surface area (Å²) in [5, 5.41) is 10.4. The van der Waals surface area contributed by atoms with Crippen LogP contribution >= 0.6 is 24.0 Å². The van der Waals surface area contributed by atoms with Crippen molar-refractivity contribution in [2.45, 2.75) is 39.5 Å². The van der Waals surface area contributed by atoms with E-state index in [4.69, 9.17) is 4.74 Å². The number of rotatable bonds is 11. The highest BCUT2D eigenvalue weighted by atomic mass is 127. The third kappa shape index (κ3) is 9.29. The number of aryl methyl sites for hydroxylation is 1. The number of guanidine groups is 1. The number of aliphatic imine (C=N–C) groups is 1. The third-order valence-electron chi connectivity index (χ3n) is 3.81. The lowest BCUT2D eigenvalue weighted by molar-refractivity contribution is -0.0505. The van der Waals surface area contributed by atoms with E-state index in [1.807, 2.05) is 23.9 Å². The molecule has 2 N–H and O–H groups in total. The van der Waals surface area contributed by atoms with Crippen LogP contribution in [0.25, 0.3) is 0 Å². The fraction of sp³-hybridized carbons (Fsp3) is 0.474. The number of alkyl halides is 2. The lowest BCUT2D eigenvalue weighted by Crippen LogP contribution is -2.37. The zero-order valence-corrected chi connectivity index (χ0v) is 18.9. The number of halogens is 3. The van der Waals surface area contributed by atoms with E-state index in [2.05, 4.69) is 25.5 Å². The van der Waals surface area contributed by atoms with Gasteiger partial charge in [-0.2, -0.15) is 13.9 Å². The highest BCUT2D eigenvalue weighted by molar-refractivity contribution is 14.0. The molecule has 0 saturated heterocycles. The van der Waals surface area contributed by atoms with Crippen molar-refractivity contribution in [1.82, 2.24) is 20.4 Å². The van der Waals surface area contributed by atoms with E-state index in [-0.39, 0.29) is 36.3 Å². The molecule has 7 nitrogen and oxygen atoms in total. The van der Waals surface area contributed by atoms with Gasteiger partial charge in [0.2, 0.25) is 0 Å². The minimum atomic E-state index is -2.90. The van der Waals surface area contributed by atoms with Gasteiger partial charge in [-0.1, -0.05) is 6.92 Å². The van der Waals surface area contributed by atoms with E-state index in [9.17, 15) is 8.78 Å². The van der Waals surface area contributed by atoms with Crippen molar-refractivity contribution >= 4 is 29.9 Å². The second kappa shape index (κ2) is 14.0. The van der Waals surface area contributed by atoms with Gasteiger partial charge in [0.1, 0.15) is 11.5 Å². The van der Waals surface area contributed by atoms with Crippen LogP contribution in [0.2, 0.25) is 0 Å². The van der Waals surface area contributed by atoms with E-state index in [0.717, 1.165) is 19.4 Å². The first kappa shape index (κ1) is 24.9. The minimum Gasteiger partial charge on any atom is -0.493 e. The molecule has 0 amide bonds. The van der Waals surface area contributed by atoms with Crippen LogP contribution in [0.4, 0.5) is 8.78 Å². The number of nitrogens with zero attached hydrogens (tertiary/aromatic N) is 3. The Balaban J connectivity index is 0.00000420. The maximum atomic E-state index is 12.7. The molecule has 0 spiro atoms. The molecule has 1 aromatic carbocycles. The quantitative estimate of drug-likeness (QED) is 0.204. The van der Waals surface area contributed by atoms with Gasteiger partial charge >= 0.3 is 6.61 Å². The number of hydrogen-bond acceptors (Lipinski definition) is 4. The van der Waals surface area contributed by atoms with Crippen LogP contribution < -0.4 is 20.1 Å². The van der Waals surface area contributed by atoms with Gasteiger partial charge in [0, 0.05) is 50.7 Å². The maximum absolute atomic E-state index is 12.7. The molecule has 1 aromatic heterocycles. The van der Waals surface area contributed by atoms with Crippen molar-refractivity contribution in [2.24, 2.45) is 4.99 Å². The summed E-state index contributed by atoms with van der Waals surface area (Å²) >= 11 is 0. The molecule has 0 bridgehead atoms. The molecule has 0 radical (unpaired) electrons. The van der Waals surface area contributed by atoms with E-state index < -0.39 is 6.61 Å². The van der Waals surface area contributed by atoms with Crippen molar-refractivity contribution in [3.05, 3.63) is 42.2 Å². The summed E-state index contributed by atoms with van der Waals surface area (Å²) in [5.74, 6) is 1.17. The van der Waals surface area contributed by atoms with Gasteiger partial charge in [-0.05, 0) is 31.0 Å². The molecule has 0 atom stereocenters. The van der Waals surface area contributed by atoms with E-state index in [1.54, 1.807) is 25.4 Å². The van der Waals surface area contributed by atoms with Gasteiger partial charge in [-0.3, -0.25) is 9.67 Å². The molecule has 0 saturated carbocycles. The van der Waals surface area contributed by atoms with Crippen molar-refractivity contribution < 1.29 is 18.3 Å². The van der Waals surface area contributed by atoms with Crippen molar-refractivity contribution in [2.75, 3.05) is 20.2 Å². The Hall–Kier alpha value is -2.11. The molecule has 0 aliphatic heterocycles. The molecule has 29 heavy (non-hydrogen) atoms. The number of nitrogens with one attached hydrogen (secondary N) is 2. The van der Waals surface area contributed by atoms with Gasteiger partial charge in [-0.25, -0.2) is 0 Å². The third-order valence-corrected chi connectivity index (χ3v) is 3.81. The smallest absolute Gasteiger partial charge is 0.387 e. The van der Waals surface area contributed by atoms with Gasteiger partial charge < -0.3 is 20.1 Å². The summed E-state index contributed by atoms with van der Waals surface area (Å²) in [5.41, 5.74) is 0.587. The molecule has 2 rings (SSSR count). The molecular weight excluding hydrogens is 495 g/mol. The van der Waals surface area contributed by atoms with Crippen LogP contribution in [-0.2, 0) is 13.1 Å². The van der Waals surface area contributed by atoms with Crippen molar-refractivity contribution in [3.8, 4) is 11.5 Å². The topological polar surface area (TPSA) is 72.7 Å². The summed E-state index contributed by atoms with van der Waals surface area (Å²) in [6.45, 7) is 1.37. The highest BCUT2D eigenvalue weighted by Crippen LogP contribution is 2.26. The maximum Gasteiger partial charge on any atom is 0.387 e. The first-order valence-corrected chi connectivity index (χ1v) is 9.24. The SMILES string of the molecule is CCCOc1ccc(CNC(=NC)NCCCn2cccn2)c(OC(F)F)c1.I. The summed E-state index contributed by atoms with van der Waals surface area (Å²) in [4.78, 5) is 4.14. The molecule has 1 heterocycles. The van der Waals surface area contributed by atoms with Crippen LogP contribution in [-0.4, -0.2) is 42.6 Å². The van der Waals surface area contributed by atoms with Crippen molar-refractivity contribution in [3.63, 3.8) is 0 Å². The highest BCUT2D eigenvalue weighted by Gasteiger charge is 2.12. The second-order valence-electron chi connectivity index (χ2n) is 5.97. The summed E-state index contributed by atoms with van der Waals surface area (Å²) < 4.78 is 37.5. The largest absolute Gasteiger partial charge is 0.493 e. The van der Waals surface area contributed by atoms with Gasteiger partial charge in [0.05, 0.1) is 6.61 Å².